The Morgan fingerprint density at radius 2 is 0.537 bits per heavy atom. The molecule has 0 bridgehead atoms. The Hall–Kier alpha value is -11.0. The standard InChI is InChI=1S/C74H50N8/c1-47-40-42-63-59(44-47)55-32-15-17-36-61(55)81(63)65-38-20-34-57(73-77-69(49-22-7-3-8-23-49)75-70(78-73)50-24-9-4-10-25-50)67(65)53-30-19-31-54(46-53)68-58(74-79-71(51-26-11-5-12-27-51)76-72(80-74)52-28-13-6-14-29-52)35-21-39-66(68)82-62-37-18-16-33-56(62)60-45-48(2)41-43-64(60)82/h3-46H,1-2H3. The van der Waals surface area contributed by atoms with Crippen molar-refractivity contribution in [2.24, 2.45) is 0 Å². The maximum atomic E-state index is 5.40. The SMILES string of the molecule is Cc1ccc2c(c1)c1ccccc1n2-c1cccc(-c2nc(-c3ccccc3)nc(-c3ccccc3)n2)c1-c1cccc(-c2c(-c3nc(-c4ccccc4)nc(-c4ccccc4)n3)cccc2-n2c3ccccc3c3cc(C)ccc32)c1. The fraction of sp³-hybridized carbons (Fsp3) is 0.0270. The molecule has 8 heteroatoms. The Balaban J connectivity index is 1.05. The molecule has 0 atom stereocenters. The largest absolute Gasteiger partial charge is 0.309 e. The molecule has 386 valence electrons. The van der Waals surface area contributed by atoms with Crippen molar-refractivity contribution in [3.63, 3.8) is 0 Å². The van der Waals surface area contributed by atoms with Crippen LogP contribution >= 0.6 is 0 Å². The molecule has 15 rings (SSSR count). The quantitative estimate of drug-likeness (QED) is 0.136. The summed E-state index contributed by atoms with van der Waals surface area (Å²) in [6, 6.07) is 93.6. The fourth-order valence-electron chi connectivity index (χ4n) is 11.8. The van der Waals surface area contributed by atoms with E-state index in [1.165, 1.54) is 32.7 Å². The number of aryl methyl sites for hydroxylation is 2. The number of nitrogens with zero attached hydrogens (tertiary/aromatic N) is 8. The van der Waals surface area contributed by atoms with E-state index in [1.807, 2.05) is 72.8 Å². The molecule has 0 fully saturated rings. The zero-order valence-electron chi connectivity index (χ0n) is 45.0. The molecule has 8 nitrogen and oxygen atoms in total. The van der Waals surface area contributed by atoms with Crippen LogP contribution in [0.3, 0.4) is 0 Å². The van der Waals surface area contributed by atoms with E-state index in [0.717, 1.165) is 89.1 Å². The summed E-state index contributed by atoms with van der Waals surface area (Å²) in [6.07, 6.45) is 0. The lowest BCUT2D eigenvalue weighted by Crippen LogP contribution is -2.05. The van der Waals surface area contributed by atoms with Gasteiger partial charge in [-0.15, -0.1) is 0 Å². The highest BCUT2D eigenvalue weighted by molar-refractivity contribution is 6.12. The lowest BCUT2D eigenvalue weighted by molar-refractivity contribution is 1.07. The van der Waals surface area contributed by atoms with Gasteiger partial charge in [0.05, 0.1) is 33.4 Å². The first-order valence-corrected chi connectivity index (χ1v) is 27.6. The number of benzene rings is 11. The highest BCUT2D eigenvalue weighted by Crippen LogP contribution is 2.46. The first-order chi connectivity index (χ1) is 40.5. The first kappa shape index (κ1) is 48.2. The second-order valence-electron chi connectivity index (χ2n) is 20.8. The van der Waals surface area contributed by atoms with Crippen molar-refractivity contribution in [2.45, 2.75) is 13.8 Å². The van der Waals surface area contributed by atoms with Gasteiger partial charge in [-0.05, 0) is 79.6 Å². The zero-order chi connectivity index (χ0) is 54.7. The average molecular weight is 1050 g/mol. The van der Waals surface area contributed by atoms with Gasteiger partial charge in [0.2, 0.25) is 0 Å². The molecule has 15 aromatic rings. The molecular weight excluding hydrogens is 1000 g/mol. The van der Waals surface area contributed by atoms with Crippen LogP contribution in [0.2, 0.25) is 0 Å². The van der Waals surface area contributed by atoms with Gasteiger partial charge in [-0.3, -0.25) is 0 Å². The molecule has 4 heterocycles. The van der Waals surface area contributed by atoms with Gasteiger partial charge in [0.25, 0.3) is 0 Å². The number of aromatic nitrogens is 8. The molecule has 0 N–H and O–H groups in total. The van der Waals surface area contributed by atoms with E-state index < -0.39 is 0 Å². The summed E-state index contributed by atoms with van der Waals surface area (Å²) in [7, 11) is 0. The minimum Gasteiger partial charge on any atom is -0.309 e. The van der Waals surface area contributed by atoms with Crippen LogP contribution in [0.15, 0.2) is 267 Å². The number of fused-ring (bicyclic) bond motifs is 6. The van der Waals surface area contributed by atoms with Crippen LogP contribution in [0.4, 0.5) is 0 Å². The Labute approximate surface area is 474 Å². The second kappa shape index (κ2) is 20.0. The summed E-state index contributed by atoms with van der Waals surface area (Å²) in [5.74, 6) is 3.46. The van der Waals surface area contributed by atoms with Gasteiger partial charge in [-0.1, -0.05) is 223 Å². The summed E-state index contributed by atoms with van der Waals surface area (Å²) in [5, 5.41) is 4.71. The Morgan fingerprint density at radius 1 is 0.232 bits per heavy atom. The summed E-state index contributed by atoms with van der Waals surface area (Å²) in [4.78, 5) is 31.9. The molecule has 0 aliphatic heterocycles. The van der Waals surface area contributed by atoms with Gasteiger partial charge < -0.3 is 9.13 Å². The highest BCUT2D eigenvalue weighted by atomic mass is 15.1. The lowest BCUT2D eigenvalue weighted by Gasteiger charge is -2.21. The van der Waals surface area contributed by atoms with Crippen LogP contribution in [0.25, 0.3) is 146 Å². The minimum absolute atomic E-state index is 0.556. The highest BCUT2D eigenvalue weighted by Gasteiger charge is 2.26. The molecule has 82 heavy (non-hydrogen) atoms. The van der Waals surface area contributed by atoms with E-state index in [1.54, 1.807) is 0 Å². The molecule has 0 amide bonds. The van der Waals surface area contributed by atoms with Crippen LogP contribution in [0.5, 0.6) is 0 Å². The van der Waals surface area contributed by atoms with E-state index in [4.69, 9.17) is 29.9 Å². The van der Waals surface area contributed by atoms with Crippen LogP contribution in [-0.2, 0) is 0 Å². The maximum absolute atomic E-state index is 5.40. The van der Waals surface area contributed by atoms with E-state index in [0.29, 0.717) is 34.9 Å². The van der Waals surface area contributed by atoms with Crippen LogP contribution in [0, 0.1) is 13.8 Å². The van der Waals surface area contributed by atoms with Crippen molar-refractivity contribution in [3.05, 3.63) is 278 Å². The second-order valence-corrected chi connectivity index (χ2v) is 20.8. The maximum Gasteiger partial charge on any atom is 0.164 e. The summed E-state index contributed by atoms with van der Waals surface area (Å²) >= 11 is 0. The molecule has 0 saturated carbocycles. The Morgan fingerprint density at radius 3 is 0.915 bits per heavy atom. The third kappa shape index (κ3) is 8.40. The summed E-state index contributed by atoms with van der Waals surface area (Å²) < 4.78 is 4.82. The van der Waals surface area contributed by atoms with Crippen LogP contribution in [-0.4, -0.2) is 39.0 Å². The molecule has 0 radical (unpaired) electrons. The van der Waals surface area contributed by atoms with Gasteiger partial charge in [-0.25, -0.2) is 29.9 Å². The van der Waals surface area contributed by atoms with E-state index in [-0.39, 0.29) is 0 Å². The van der Waals surface area contributed by atoms with Crippen LogP contribution in [0.1, 0.15) is 11.1 Å². The number of hydrogen-bond donors (Lipinski definition) is 0. The van der Waals surface area contributed by atoms with Gasteiger partial charge in [0.1, 0.15) is 0 Å². The molecule has 0 spiro atoms. The topological polar surface area (TPSA) is 87.2 Å². The number of rotatable bonds is 10. The lowest BCUT2D eigenvalue weighted by atomic mass is 9.91. The van der Waals surface area contributed by atoms with Gasteiger partial charge in [0, 0.05) is 66.1 Å². The number of hydrogen-bond acceptors (Lipinski definition) is 6. The van der Waals surface area contributed by atoms with Gasteiger partial charge in [-0.2, -0.15) is 0 Å². The fourth-order valence-corrected chi connectivity index (χ4v) is 11.8. The van der Waals surface area contributed by atoms with E-state index in [9.17, 15) is 0 Å². The molecule has 0 aliphatic rings. The van der Waals surface area contributed by atoms with E-state index in [2.05, 4.69) is 217 Å². The van der Waals surface area contributed by atoms with Crippen molar-refractivity contribution < 1.29 is 0 Å². The molecule has 0 aliphatic carbocycles. The van der Waals surface area contributed by atoms with Crippen molar-refractivity contribution in [1.82, 2.24) is 39.0 Å². The summed E-state index contributed by atoms with van der Waals surface area (Å²) in [6.45, 7) is 4.32. The molecule has 0 saturated heterocycles. The van der Waals surface area contributed by atoms with Crippen molar-refractivity contribution in [3.8, 4) is 102 Å². The normalized spacial score (nSPS) is 11.5. The van der Waals surface area contributed by atoms with Crippen LogP contribution < -0.4 is 0 Å². The third-order valence-electron chi connectivity index (χ3n) is 15.5. The van der Waals surface area contributed by atoms with Crippen molar-refractivity contribution in [2.75, 3.05) is 0 Å². The van der Waals surface area contributed by atoms with Gasteiger partial charge in [0.15, 0.2) is 34.9 Å². The summed E-state index contributed by atoms with van der Waals surface area (Å²) in [5.41, 5.74) is 17.9. The molecule has 11 aromatic carbocycles. The predicted molar refractivity (Wildman–Crippen MR) is 335 cm³/mol. The third-order valence-corrected chi connectivity index (χ3v) is 15.5. The zero-order valence-corrected chi connectivity index (χ0v) is 45.0. The minimum atomic E-state index is 0.556. The van der Waals surface area contributed by atoms with Gasteiger partial charge >= 0.3 is 0 Å². The Bertz CT molecular complexity index is 4510. The van der Waals surface area contributed by atoms with E-state index >= 15 is 0 Å². The average Bonchev–Trinajstić information content (AvgIpc) is 3.58. The predicted octanol–water partition coefficient (Wildman–Crippen LogP) is 18.2. The van der Waals surface area contributed by atoms with Crippen molar-refractivity contribution in [1.29, 1.82) is 0 Å². The smallest absolute Gasteiger partial charge is 0.164 e. The molecular formula is C74H50N8. The monoisotopic (exact) mass is 1050 g/mol. The Kier molecular flexibility index (Phi) is 11.8. The molecule has 4 aromatic heterocycles. The van der Waals surface area contributed by atoms with Crippen molar-refractivity contribution >= 4 is 43.6 Å². The molecule has 0 unspecified atom stereocenters. The number of para-hydroxylation sites is 2. The first-order valence-electron chi connectivity index (χ1n) is 27.6.